The van der Waals surface area contributed by atoms with Gasteiger partial charge in [-0.1, -0.05) is 0 Å². The van der Waals surface area contributed by atoms with Crippen LogP contribution < -0.4 is 5.73 Å². The molecule has 2 aromatic rings. The number of rotatable bonds is 5. The molecule has 104 valence electrons. The van der Waals surface area contributed by atoms with E-state index in [-0.39, 0.29) is 6.10 Å². The lowest BCUT2D eigenvalue weighted by atomic mass is 10.4. The van der Waals surface area contributed by atoms with Gasteiger partial charge in [0.25, 0.3) is 0 Å². The van der Waals surface area contributed by atoms with E-state index in [1.807, 2.05) is 0 Å². The van der Waals surface area contributed by atoms with Gasteiger partial charge in [0.15, 0.2) is 11.5 Å². The van der Waals surface area contributed by atoms with E-state index in [2.05, 4.69) is 15.0 Å². The minimum Gasteiger partial charge on any atom is -0.382 e. The third-order valence-corrected chi connectivity index (χ3v) is 3.16. The summed E-state index contributed by atoms with van der Waals surface area (Å²) in [4.78, 5) is 21.0. The van der Waals surface area contributed by atoms with Gasteiger partial charge in [0, 0.05) is 0 Å². The summed E-state index contributed by atoms with van der Waals surface area (Å²) in [5.41, 5.74) is 6.77. The zero-order chi connectivity index (χ0) is 14.0. The number of nitrogen functional groups attached to an aromatic ring is 1. The molecule has 0 radical (unpaired) electrons. The summed E-state index contributed by atoms with van der Waals surface area (Å²) >= 11 is 5.20. The molecule has 10 heteroatoms. The fourth-order valence-corrected chi connectivity index (χ4v) is 2.19. The summed E-state index contributed by atoms with van der Waals surface area (Å²) in [5, 5.41) is 0. The number of anilines is 1. The summed E-state index contributed by atoms with van der Waals surface area (Å²) < 4.78 is 17.8. The monoisotopic (exact) mass is 305 g/mol. The zero-order valence-electron chi connectivity index (χ0n) is 10.1. The highest BCUT2D eigenvalue weighted by atomic mass is 35.7. The van der Waals surface area contributed by atoms with Crippen molar-refractivity contribution in [2.24, 2.45) is 0 Å². The molecular formula is C9H13ClN5O3P. The SMILES string of the molecule is CC(Cn1cnc2c(N)ncnc21)OCP(=O)(O)Cl. The van der Waals surface area contributed by atoms with Crippen LogP contribution in [-0.4, -0.2) is 36.9 Å². The minimum absolute atomic E-state index is 0.304. The molecule has 0 saturated carbocycles. The second-order valence-corrected chi connectivity index (χ2v) is 7.13. The van der Waals surface area contributed by atoms with Crippen LogP contribution in [0.3, 0.4) is 0 Å². The Kier molecular flexibility index (Phi) is 4.05. The minimum atomic E-state index is -3.69. The van der Waals surface area contributed by atoms with Gasteiger partial charge in [-0.15, -0.1) is 0 Å². The zero-order valence-corrected chi connectivity index (χ0v) is 11.8. The summed E-state index contributed by atoms with van der Waals surface area (Å²) in [7, 11) is 0. The molecule has 0 aromatic carbocycles. The summed E-state index contributed by atoms with van der Waals surface area (Å²) in [5.74, 6) is 0.304. The van der Waals surface area contributed by atoms with Crippen LogP contribution in [0.4, 0.5) is 5.82 Å². The fraction of sp³-hybridized carbons (Fsp3) is 0.444. The number of aromatic nitrogens is 4. The molecule has 2 heterocycles. The van der Waals surface area contributed by atoms with E-state index in [0.29, 0.717) is 23.5 Å². The van der Waals surface area contributed by atoms with Crippen molar-refractivity contribution in [2.75, 3.05) is 12.1 Å². The molecule has 8 nitrogen and oxygen atoms in total. The van der Waals surface area contributed by atoms with Gasteiger partial charge in [-0.05, 0) is 18.2 Å². The predicted octanol–water partition coefficient (Wildman–Crippen LogP) is 1.20. The quantitative estimate of drug-likeness (QED) is 0.797. The van der Waals surface area contributed by atoms with Crippen molar-refractivity contribution in [1.82, 2.24) is 19.5 Å². The first-order valence-corrected chi connectivity index (χ1v) is 8.16. The normalized spacial score (nSPS) is 16.4. The van der Waals surface area contributed by atoms with E-state index in [0.717, 1.165) is 0 Å². The molecule has 0 aliphatic heterocycles. The average Bonchev–Trinajstić information content (AvgIpc) is 2.71. The molecule has 2 aromatic heterocycles. The van der Waals surface area contributed by atoms with Crippen LogP contribution >= 0.6 is 18.0 Å². The number of imidazole rings is 1. The van der Waals surface area contributed by atoms with Crippen molar-refractivity contribution >= 4 is 34.9 Å². The molecule has 0 bridgehead atoms. The van der Waals surface area contributed by atoms with Gasteiger partial charge in [0.2, 0.25) is 0 Å². The Balaban J connectivity index is 2.09. The van der Waals surface area contributed by atoms with Crippen LogP contribution in [0.25, 0.3) is 11.2 Å². The molecule has 0 fully saturated rings. The lowest BCUT2D eigenvalue weighted by Gasteiger charge is -2.14. The number of nitrogens with zero attached hydrogens (tertiary/aromatic N) is 4. The molecule has 0 aliphatic carbocycles. The molecule has 19 heavy (non-hydrogen) atoms. The number of ether oxygens (including phenoxy) is 1. The summed E-state index contributed by atoms with van der Waals surface area (Å²) in [6.07, 6.45) is 2.18. The molecular weight excluding hydrogens is 293 g/mol. The van der Waals surface area contributed by atoms with Crippen molar-refractivity contribution in [1.29, 1.82) is 0 Å². The Morgan fingerprint density at radius 2 is 2.32 bits per heavy atom. The van der Waals surface area contributed by atoms with Crippen LogP contribution in [0.15, 0.2) is 12.7 Å². The Labute approximate surface area is 113 Å². The van der Waals surface area contributed by atoms with Crippen LogP contribution in [0.5, 0.6) is 0 Å². The number of fused-ring (bicyclic) bond motifs is 1. The lowest BCUT2D eigenvalue weighted by molar-refractivity contribution is 0.0839. The summed E-state index contributed by atoms with van der Waals surface area (Å²) in [6.45, 7) is -1.53. The highest BCUT2D eigenvalue weighted by molar-refractivity contribution is 7.84. The van der Waals surface area contributed by atoms with Crippen molar-refractivity contribution in [2.45, 2.75) is 19.6 Å². The van der Waals surface area contributed by atoms with Gasteiger partial charge in [-0.3, -0.25) is 4.57 Å². The van der Waals surface area contributed by atoms with Gasteiger partial charge in [0.1, 0.15) is 18.2 Å². The topological polar surface area (TPSA) is 116 Å². The van der Waals surface area contributed by atoms with E-state index in [9.17, 15) is 4.57 Å². The highest BCUT2D eigenvalue weighted by Crippen LogP contribution is 2.46. The van der Waals surface area contributed by atoms with E-state index >= 15 is 0 Å². The maximum atomic E-state index is 10.9. The first-order chi connectivity index (χ1) is 8.87. The van der Waals surface area contributed by atoms with Crippen molar-refractivity contribution in [3.8, 4) is 0 Å². The molecule has 3 N–H and O–H groups in total. The smallest absolute Gasteiger partial charge is 0.312 e. The van der Waals surface area contributed by atoms with Crippen molar-refractivity contribution in [3.63, 3.8) is 0 Å². The number of hydrogen-bond donors (Lipinski definition) is 2. The van der Waals surface area contributed by atoms with Gasteiger partial charge in [0.05, 0.1) is 19.0 Å². The standard InChI is InChI=1S/C9H13ClN5O3P/c1-6(18-5-19(10,16)17)2-15-4-14-7-8(11)12-3-13-9(7)15/h3-4,6H,2,5H2,1H3,(H,16,17)(H2,11,12,13). The molecule has 0 saturated heterocycles. The molecule has 0 spiro atoms. The fourth-order valence-electron chi connectivity index (χ4n) is 1.58. The first-order valence-electron chi connectivity index (χ1n) is 5.41. The third-order valence-electron chi connectivity index (χ3n) is 2.40. The van der Waals surface area contributed by atoms with E-state index in [1.165, 1.54) is 6.33 Å². The third kappa shape index (κ3) is 3.63. The van der Waals surface area contributed by atoms with E-state index < -0.39 is 13.1 Å². The molecule has 0 amide bonds. The number of halogens is 1. The Morgan fingerprint density at radius 1 is 1.58 bits per heavy atom. The molecule has 2 atom stereocenters. The van der Waals surface area contributed by atoms with Gasteiger partial charge in [-0.2, -0.15) is 0 Å². The molecule has 2 unspecified atom stereocenters. The van der Waals surface area contributed by atoms with E-state index in [1.54, 1.807) is 17.8 Å². The van der Waals surface area contributed by atoms with Crippen LogP contribution in [0.2, 0.25) is 0 Å². The number of nitrogens with two attached hydrogens (primary N) is 1. The van der Waals surface area contributed by atoms with Gasteiger partial charge in [-0.25, -0.2) is 15.0 Å². The molecule has 2 rings (SSSR count). The maximum absolute atomic E-state index is 10.9. The predicted molar refractivity (Wildman–Crippen MR) is 70.8 cm³/mol. The second-order valence-electron chi connectivity index (χ2n) is 4.05. The lowest BCUT2D eigenvalue weighted by Crippen LogP contribution is -2.16. The first kappa shape index (κ1) is 14.2. The second kappa shape index (κ2) is 5.42. The Morgan fingerprint density at radius 3 is 3.00 bits per heavy atom. The molecule has 0 aliphatic rings. The van der Waals surface area contributed by atoms with Crippen molar-refractivity contribution in [3.05, 3.63) is 12.7 Å². The maximum Gasteiger partial charge on any atom is 0.312 e. The van der Waals surface area contributed by atoms with Gasteiger partial charge >= 0.3 is 6.72 Å². The Bertz CT molecular complexity index is 627. The number of hydrogen-bond acceptors (Lipinski definition) is 6. The van der Waals surface area contributed by atoms with Crippen LogP contribution in [-0.2, 0) is 15.8 Å². The summed E-state index contributed by atoms with van der Waals surface area (Å²) in [6, 6.07) is 0. The van der Waals surface area contributed by atoms with Gasteiger partial charge < -0.3 is 19.9 Å². The van der Waals surface area contributed by atoms with E-state index in [4.69, 9.17) is 26.6 Å². The van der Waals surface area contributed by atoms with Crippen molar-refractivity contribution < 1.29 is 14.2 Å². The van der Waals surface area contributed by atoms with Crippen LogP contribution in [0.1, 0.15) is 6.92 Å². The van der Waals surface area contributed by atoms with Crippen LogP contribution in [0, 0.1) is 0 Å². The average molecular weight is 306 g/mol. The highest BCUT2D eigenvalue weighted by Gasteiger charge is 2.17. The Hall–Kier alpha value is -1.21. The largest absolute Gasteiger partial charge is 0.382 e.